The van der Waals surface area contributed by atoms with Gasteiger partial charge in [-0.15, -0.1) is 0 Å². The second kappa shape index (κ2) is 6.96. The van der Waals surface area contributed by atoms with Gasteiger partial charge in [0.1, 0.15) is 5.82 Å². The first-order valence-corrected chi connectivity index (χ1v) is 8.46. The first-order valence-electron chi connectivity index (χ1n) is 7.70. The quantitative estimate of drug-likeness (QED) is 0.643. The molecule has 0 aromatic heterocycles. The average Bonchev–Trinajstić information content (AvgIpc) is 2.54. The minimum Gasteiger partial charge on any atom is -0.306 e. The van der Waals surface area contributed by atoms with E-state index in [9.17, 15) is 9.18 Å². The molecule has 0 aliphatic carbocycles. The number of aryl methyl sites for hydroxylation is 1. The van der Waals surface area contributed by atoms with Crippen LogP contribution in [0, 0.1) is 5.82 Å². The normalized spacial score (nSPS) is 17.2. The number of hydrogen-bond acceptors (Lipinski definition) is 1. The van der Waals surface area contributed by atoms with Crippen molar-refractivity contribution >= 4 is 40.9 Å². The summed E-state index contributed by atoms with van der Waals surface area (Å²) in [5.41, 5.74) is 2.35. The van der Waals surface area contributed by atoms with Crippen LogP contribution in [0.5, 0.6) is 0 Å². The Kier molecular flexibility index (Phi) is 4.93. The molecule has 0 bridgehead atoms. The van der Waals surface area contributed by atoms with Crippen LogP contribution in [-0.2, 0) is 11.2 Å². The highest BCUT2D eigenvalue weighted by molar-refractivity contribution is 6.35. The lowest BCUT2D eigenvalue weighted by Crippen LogP contribution is -2.41. The zero-order valence-corrected chi connectivity index (χ0v) is 14.6. The van der Waals surface area contributed by atoms with Crippen molar-refractivity contribution in [3.05, 3.63) is 69.5 Å². The van der Waals surface area contributed by atoms with Gasteiger partial charge in [0.25, 0.3) is 5.91 Å². The molecule has 1 aliphatic heterocycles. The standard InChI is InChI=1S/C19H16Cl2FNO/c1-12-2-3-14-10-16(22)7-8-18(14)23(12)19(24)9-5-13-4-6-15(20)11-17(13)21/h4-12H,2-3H2,1H3. The molecule has 0 spiro atoms. The summed E-state index contributed by atoms with van der Waals surface area (Å²) in [6.07, 6.45) is 4.73. The first kappa shape index (κ1) is 17.0. The number of nitrogens with zero attached hydrogens (tertiary/aromatic N) is 1. The molecule has 0 saturated heterocycles. The summed E-state index contributed by atoms with van der Waals surface area (Å²) in [7, 11) is 0. The summed E-state index contributed by atoms with van der Waals surface area (Å²) in [5.74, 6) is -0.430. The number of amides is 1. The van der Waals surface area contributed by atoms with Crippen molar-refractivity contribution < 1.29 is 9.18 Å². The number of rotatable bonds is 2. The minimum atomic E-state index is -0.279. The van der Waals surface area contributed by atoms with Crippen LogP contribution in [0.3, 0.4) is 0 Å². The second-order valence-electron chi connectivity index (χ2n) is 5.87. The highest BCUT2D eigenvalue weighted by Crippen LogP contribution is 2.31. The number of carbonyl (C=O) groups is 1. The highest BCUT2D eigenvalue weighted by atomic mass is 35.5. The molecular weight excluding hydrogens is 348 g/mol. The molecule has 3 rings (SSSR count). The van der Waals surface area contributed by atoms with Crippen molar-refractivity contribution in [2.24, 2.45) is 0 Å². The van der Waals surface area contributed by atoms with E-state index in [0.29, 0.717) is 10.0 Å². The second-order valence-corrected chi connectivity index (χ2v) is 6.71. The Morgan fingerprint density at radius 1 is 1.25 bits per heavy atom. The van der Waals surface area contributed by atoms with Gasteiger partial charge in [-0.25, -0.2) is 4.39 Å². The molecule has 1 unspecified atom stereocenters. The summed E-state index contributed by atoms with van der Waals surface area (Å²) < 4.78 is 13.4. The van der Waals surface area contributed by atoms with Crippen LogP contribution in [0.4, 0.5) is 10.1 Å². The predicted octanol–water partition coefficient (Wildman–Crippen LogP) is 5.51. The molecule has 24 heavy (non-hydrogen) atoms. The van der Waals surface area contributed by atoms with Crippen LogP contribution in [0.2, 0.25) is 10.0 Å². The fourth-order valence-electron chi connectivity index (χ4n) is 2.93. The Morgan fingerprint density at radius 2 is 2.04 bits per heavy atom. The van der Waals surface area contributed by atoms with Gasteiger partial charge in [-0.1, -0.05) is 29.3 Å². The molecule has 1 aliphatic rings. The Balaban J connectivity index is 1.88. The van der Waals surface area contributed by atoms with Crippen molar-refractivity contribution in [1.82, 2.24) is 0 Å². The van der Waals surface area contributed by atoms with Crippen LogP contribution in [0.25, 0.3) is 6.08 Å². The number of carbonyl (C=O) groups excluding carboxylic acids is 1. The van der Waals surface area contributed by atoms with Crippen LogP contribution in [0.15, 0.2) is 42.5 Å². The third-order valence-corrected chi connectivity index (χ3v) is 4.74. The van der Waals surface area contributed by atoms with Crippen LogP contribution < -0.4 is 4.90 Å². The summed E-state index contributed by atoms with van der Waals surface area (Å²) in [4.78, 5) is 14.4. The lowest BCUT2D eigenvalue weighted by molar-refractivity contribution is -0.114. The van der Waals surface area contributed by atoms with Gasteiger partial charge < -0.3 is 4.90 Å². The summed E-state index contributed by atoms with van der Waals surface area (Å²) in [5, 5.41) is 1.03. The molecule has 1 amide bonds. The molecular formula is C19H16Cl2FNO. The maximum Gasteiger partial charge on any atom is 0.251 e. The van der Waals surface area contributed by atoms with Crippen molar-refractivity contribution in [2.45, 2.75) is 25.8 Å². The topological polar surface area (TPSA) is 20.3 Å². The van der Waals surface area contributed by atoms with Crippen LogP contribution in [-0.4, -0.2) is 11.9 Å². The van der Waals surface area contributed by atoms with Crippen molar-refractivity contribution in [3.8, 4) is 0 Å². The summed E-state index contributed by atoms with van der Waals surface area (Å²) >= 11 is 12.0. The molecule has 2 nitrogen and oxygen atoms in total. The van der Waals surface area contributed by atoms with E-state index in [1.165, 1.54) is 18.2 Å². The van der Waals surface area contributed by atoms with E-state index in [2.05, 4.69) is 0 Å². The Hall–Kier alpha value is -1.84. The molecule has 2 aromatic rings. The van der Waals surface area contributed by atoms with E-state index in [1.807, 2.05) is 6.92 Å². The molecule has 0 saturated carbocycles. The van der Waals surface area contributed by atoms with Gasteiger partial charge in [-0.3, -0.25) is 4.79 Å². The number of anilines is 1. The van der Waals surface area contributed by atoms with Gasteiger partial charge in [0.2, 0.25) is 0 Å². The Labute approximate surface area is 150 Å². The van der Waals surface area contributed by atoms with Gasteiger partial charge in [0.05, 0.1) is 0 Å². The zero-order chi connectivity index (χ0) is 17.3. The fraction of sp³-hybridized carbons (Fsp3) is 0.211. The number of fused-ring (bicyclic) bond motifs is 1. The maximum absolute atomic E-state index is 13.4. The van der Waals surface area contributed by atoms with Gasteiger partial charge in [0, 0.05) is 27.9 Å². The van der Waals surface area contributed by atoms with Crippen LogP contribution in [0.1, 0.15) is 24.5 Å². The lowest BCUT2D eigenvalue weighted by atomic mass is 9.96. The number of halogens is 3. The van der Waals surface area contributed by atoms with Crippen molar-refractivity contribution in [2.75, 3.05) is 4.90 Å². The largest absolute Gasteiger partial charge is 0.306 e. The molecule has 0 fully saturated rings. The van der Waals surface area contributed by atoms with Gasteiger partial charge in [-0.2, -0.15) is 0 Å². The lowest BCUT2D eigenvalue weighted by Gasteiger charge is -2.34. The molecule has 1 atom stereocenters. The predicted molar refractivity (Wildman–Crippen MR) is 97.2 cm³/mol. The summed E-state index contributed by atoms with van der Waals surface area (Å²) in [6, 6.07) is 9.73. The SMILES string of the molecule is CC1CCc2cc(F)ccc2N1C(=O)C=Cc1ccc(Cl)cc1Cl. The molecule has 1 heterocycles. The van der Waals surface area contributed by atoms with Crippen LogP contribution >= 0.6 is 23.2 Å². The van der Waals surface area contributed by atoms with Gasteiger partial charge in [0.15, 0.2) is 0 Å². The number of benzene rings is 2. The molecule has 0 radical (unpaired) electrons. The number of hydrogen-bond donors (Lipinski definition) is 0. The molecule has 2 aromatic carbocycles. The zero-order valence-electron chi connectivity index (χ0n) is 13.1. The highest BCUT2D eigenvalue weighted by Gasteiger charge is 2.27. The third-order valence-electron chi connectivity index (χ3n) is 4.18. The average molecular weight is 364 g/mol. The van der Waals surface area contributed by atoms with Gasteiger partial charge in [-0.05, 0) is 67.3 Å². The van der Waals surface area contributed by atoms with E-state index in [4.69, 9.17) is 23.2 Å². The Bertz CT molecular complexity index is 819. The smallest absolute Gasteiger partial charge is 0.251 e. The Morgan fingerprint density at radius 3 is 2.79 bits per heavy atom. The van der Waals surface area contributed by atoms with Crippen molar-refractivity contribution in [3.63, 3.8) is 0 Å². The third kappa shape index (κ3) is 3.47. The van der Waals surface area contributed by atoms with E-state index >= 15 is 0 Å². The maximum atomic E-state index is 13.4. The monoisotopic (exact) mass is 363 g/mol. The molecule has 0 N–H and O–H groups in total. The van der Waals surface area contributed by atoms with E-state index in [0.717, 1.165) is 29.7 Å². The summed E-state index contributed by atoms with van der Waals surface area (Å²) in [6.45, 7) is 1.99. The van der Waals surface area contributed by atoms with E-state index < -0.39 is 0 Å². The van der Waals surface area contributed by atoms with Gasteiger partial charge >= 0.3 is 0 Å². The van der Waals surface area contributed by atoms with Crippen molar-refractivity contribution in [1.29, 1.82) is 0 Å². The first-order chi connectivity index (χ1) is 11.5. The van der Waals surface area contributed by atoms with E-state index in [-0.39, 0.29) is 17.8 Å². The fourth-order valence-corrected chi connectivity index (χ4v) is 3.41. The van der Waals surface area contributed by atoms with E-state index in [1.54, 1.807) is 35.2 Å². The molecule has 124 valence electrons. The molecule has 5 heteroatoms. The minimum absolute atomic E-state index is 0.0563.